The van der Waals surface area contributed by atoms with E-state index in [0.29, 0.717) is 6.04 Å². The Morgan fingerprint density at radius 2 is 1.95 bits per heavy atom. The summed E-state index contributed by atoms with van der Waals surface area (Å²) in [5.41, 5.74) is 3.23. The zero-order valence-electron chi connectivity index (χ0n) is 13.2. The molecule has 1 N–H and O–H groups in total. The highest BCUT2D eigenvalue weighted by molar-refractivity contribution is 5.14. The van der Waals surface area contributed by atoms with Crippen molar-refractivity contribution in [3.8, 4) is 0 Å². The topological polar surface area (TPSA) is 54.2 Å². The Morgan fingerprint density at radius 1 is 1.18 bits per heavy atom. The average Bonchev–Trinajstić information content (AvgIpc) is 2.98. The van der Waals surface area contributed by atoms with Gasteiger partial charge in [-0.3, -0.25) is 0 Å². The monoisotopic (exact) mass is 300 g/mol. The maximum absolute atomic E-state index is 4.73. The van der Waals surface area contributed by atoms with Gasteiger partial charge in [0.05, 0.1) is 0 Å². The molecule has 118 valence electrons. The number of aryl methyl sites for hydroxylation is 1. The van der Waals surface area contributed by atoms with Crippen LogP contribution in [0.3, 0.4) is 0 Å². The molecule has 0 atom stereocenters. The normalized spacial score (nSPS) is 17.0. The van der Waals surface area contributed by atoms with Gasteiger partial charge in [0.2, 0.25) is 0 Å². The molecule has 1 saturated heterocycles. The number of likely N-dealkylation sites (tertiary alicyclic amines) is 1. The van der Waals surface area contributed by atoms with Gasteiger partial charge in [-0.2, -0.15) is 0 Å². The van der Waals surface area contributed by atoms with Crippen LogP contribution in [0, 0.1) is 6.92 Å². The number of piperidine rings is 1. The fourth-order valence-corrected chi connectivity index (χ4v) is 2.94. The van der Waals surface area contributed by atoms with Crippen molar-refractivity contribution in [2.45, 2.75) is 38.8 Å². The zero-order chi connectivity index (χ0) is 15.2. The van der Waals surface area contributed by atoms with Gasteiger partial charge in [0, 0.05) is 19.1 Å². The minimum atomic E-state index is 0.573. The first kappa shape index (κ1) is 15.2. The van der Waals surface area contributed by atoms with Gasteiger partial charge in [-0.15, -0.1) is 0 Å². The molecule has 2 aromatic rings. The Labute approximate surface area is 131 Å². The van der Waals surface area contributed by atoms with Crippen LogP contribution < -0.4 is 5.32 Å². The van der Waals surface area contributed by atoms with Gasteiger partial charge in [0.15, 0.2) is 0 Å². The van der Waals surface area contributed by atoms with Crippen LogP contribution in [0.1, 0.15) is 29.8 Å². The van der Waals surface area contributed by atoms with Crippen LogP contribution in [0.2, 0.25) is 0 Å². The second kappa shape index (κ2) is 7.51. The first-order valence-electron chi connectivity index (χ1n) is 8.09. The Hall–Kier alpha value is -1.72. The molecule has 1 aromatic carbocycles. The van der Waals surface area contributed by atoms with Crippen LogP contribution in [0.15, 0.2) is 35.0 Å². The van der Waals surface area contributed by atoms with E-state index in [-0.39, 0.29) is 0 Å². The molecule has 1 aromatic heterocycles. The van der Waals surface area contributed by atoms with E-state index in [9.17, 15) is 0 Å². The summed E-state index contributed by atoms with van der Waals surface area (Å²) in [6, 6.07) is 11.3. The van der Waals surface area contributed by atoms with Gasteiger partial charge < -0.3 is 10.2 Å². The third-order valence-corrected chi connectivity index (χ3v) is 4.45. The minimum Gasteiger partial charge on any atom is -0.308 e. The molecule has 2 heterocycles. The molecule has 0 saturated carbocycles. The van der Waals surface area contributed by atoms with Crippen molar-refractivity contribution in [1.82, 2.24) is 20.5 Å². The molecule has 5 heteroatoms. The quantitative estimate of drug-likeness (QED) is 0.886. The number of nitrogens with one attached hydrogen (secondary N) is 1. The van der Waals surface area contributed by atoms with Crippen LogP contribution in [-0.2, 0) is 13.0 Å². The van der Waals surface area contributed by atoms with E-state index in [4.69, 9.17) is 4.63 Å². The Kier molecular flexibility index (Phi) is 5.19. The molecule has 3 rings (SSSR count). The van der Waals surface area contributed by atoms with Crippen LogP contribution in [0.5, 0.6) is 0 Å². The fourth-order valence-electron chi connectivity index (χ4n) is 2.94. The van der Waals surface area contributed by atoms with E-state index < -0.39 is 0 Å². The smallest absolute Gasteiger partial charge is 0.121 e. The van der Waals surface area contributed by atoms with E-state index >= 15 is 0 Å². The number of benzene rings is 1. The lowest BCUT2D eigenvalue weighted by molar-refractivity contribution is 0.198. The Bertz CT molecular complexity index is 561. The SMILES string of the molecule is Cc1nonc1CNC1CCN(CCc2ccccc2)CC1. The predicted octanol–water partition coefficient (Wildman–Crippen LogP) is 2.17. The second-order valence-corrected chi connectivity index (χ2v) is 6.03. The zero-order valence-corrected chi connectivity index (χ0v) is 13.2. The van der Waals surface area contributed by atoms with Gasteiger partial charge in [0.1, 0.15) is 11.4 Å². The van der Waals surface area contributed by atoms with Crippen LogP contribution in [-0.4, -0.2) is 40.9 Å². The molecule has 0 bridgehead atoms. The van der Waals surface area contributed by atoms with Gasteiger partial charge in [0.25, 0.3) is 0 Å². The highest BCUT2D eigenvalue weighted by Crippen LogP contribution is 2.12. The standard InChI is InChI=1S/C17H24N4O/c1-14-17(20-22-19-14)13-18-16-8-11-21(12-9-16)10-7-15-5-3-2-4-6-15/h2-6,16,18H,7-13H2,1H3. The predicted molar refractivity (Wildman–Crippen MR) is 85.5 cm³/mol. The van der Waals surface area contributed by atoms with Crippen molar-refractivity contribution in [3.63, 3.8) is 0 Å². The van der Waals surface area contributed by atoms with Crippen molar-refractivity contribution in [2.24, 2.45) is 0 Å². The van der Waals surface area contributed by atoms with E-state index in [1.807, 2.05) is 6.92 Å². The Balaban J connectivity index is 1.36. The molecule has 0 spiro atoms. The first-order chi connectivity index (χ1) is 10.8. The highest BCUT2D eigenvalue weighted by Gasteiger charge is 2.19. The van der Waals surface area contributed by atoms with Crippen molar-refractivity contribution in [1.29, 1.82) is 0 Å². The van der Waals surface area contributed by atoms with Gasteiger partial charge in [-0.1, -0.05) is 40.6 Å². The fraction of sp³-hybridized carbons (Fsp3) is 0.529. The number of hydrogen-bond donors (Lipinski definition) is 1. The summed E-state index contributed by atoms with van der Waals surface area (Å²) in [5.74, 6) is 0. The maximum Gasteiger partial charge on any atom is 0.121 e. The number of rotatable bonds is 6. The molecular formula is C17H24N4O. The molecular weight excluding hydrogens is 276 g/mol. The lowest BCUT2D eigenvalue weighted by Crippen LogP contribution is -2.42. The molecule has 1 aliphatic rings. The minimum absolute atomic E-state index is 0.573. The van der Waals surface area contributed by atoms with Gasteiger partial charge in [-0.25, -0.2) is 4.63 Å². The molecule has 22 heavy (non-hydrogen) atoms. The van der Waals surface area contributed by atoms with Crippen molar-refractivity contribution in [3.05, 3.63) is 47.3 Å². The molecule has 1 fully saturated rings. The summed E-state index contributed by atoms with van der Waals surface area (Å²) in [6.45, 7) is 6.17. The molecule has 0 radical (unpaired) electrons. The van der Waals surface area contributed by atoms with E-state index in [2.05, 4.69) is 50.9 Å². The third kappa shape index (κ3) is 4.15. The summed E-state index contributed by atoms with van der Waals surface area (Å²) < 4.78 is 4.73. The highest BCUT2D eigenvalue weighted by atomic mass is 16.6. The van der Waals surface area contributed by atoms with Gasteiger partial charge in [-0.05, 0) is 44.8 Å². The summed E-state index contributed by atoms with van der Waals surface area (Å²) in [5, 5.41) is 11.3. The van der Waals surface area contributed by atoms with Crippen LogP contribution in [0.4, 0.5) is 0 Å². The van der Waals surface area contributed by atoms with Crippen molar-refractivity contribution in [2.75, 3.05) is 19.6 Å². The van der Waals surface area contributed by atoms with Gasteiger partial charge >= 0.3 is 0 Å². The third-order valence-electron chi connectivity index (χ3n) is 4.45. The largest absolute Gasteiger partial charge is 0.308 e. The van der Waals surface area contributed by atoms with Crippen molar-refractivity contribution >= 4 is 0 Å². The van der Waals surface area contributed by atoms with E-state index in [1.165, 1.54) is 31.5 Å². The maximum atomic E-state index is 4.73. The molecule has 5 nitrogen and oxygen atoms in total. The van der Waals surface area contributed by atoms with Crippen molar-refractivity contribution < 1.29 is 4.63 Å². The van der Waals surface area contributed by atoms with Crippen LogP contribution >= 0.6 is 0 Å². The van der Waals surface area contributed by atoms with E-state index in [1.54, 1.807) is 0 Å². The number of nitrogens with zero attached hydrogens (tertiary/aromatic N) is 3. The lowest BCUT2D eigenvalue weighted by atomic mass is 10.0. The second-order valence-electron chi connectivity index (χ2n) is 6.03. The van der Waals surface area contributed by atoms with Crippen LogP contribution in [0.25, 0.3) is 0 Å². The summed E-state index contributed by atoms with van der Waals surface area (Å²) in [6.07, 6.45) is 3.53. The molecule has 1 aliphatic heterocycles. The first-order valence-corrected chi connectivity index (χ1v) is 8.09. The van der Waals surface area contributed by atoms with E-state index in [0.717, 1.165) is 30.9 Å². The summed E-state index contributed by atoms with van der Waals surface area (Å²) in [7, 11) is 0. The summed E-state index contributed by atoms with van der Waals surface area (Å²) >= 11 is 0. The molecule has 0 unspecified atom stereocenters. The molecule has 0 aliphatic carbocycles. The Morgan fingerprint density at radius 3 is 2.64 bits per heavy atom. The number of hydrogen-bond acceptors (Lipinski definition) is 5. The molecule has 0 amide bonds. The average molecular weight is 300 g/mol. The lowest BCUT2D eigenvalue weighted by Gasteiger charge is -2.32. The summed E-state index contributed by atoms with van der Waals surface area (Å²) in [4.78, 5) is 2.56. The number of aromatic nitrogens is 2.